The Kier molecular flexibility index (Phi) is 13.3. The Hall–Kier alpha value is -2.89. The fraction of sp³-hybridized carbons (Fsp3) is 0.718. The Morgan fingerprint density at radius 2 is 1.75 bits per heavy atom. The van der Waals surface area contributed by atoms with Gasteiger partial charge in [-0.2, -0.15) is 0 Å². The fourth-order valence-corrected chi connectivity index (χ4v) is 8.10. The summed E-state index contributed by atoms with van der Waals surface area (Å²) < 4.78 is 33.0. The van der Waals surface area contributed by atoms with E-state index in [1.807, 2.05) is 44.1 Å². The summed E-state index contributed by atoms with van der Waals surface area (Å²) in [6.45, 7) is 12.9. The number of likely N-dealkylation sites (tertiary alicyclic amines) is 1. The van der Waals surface area contributed by atoms with Crippen LogP contribution in [0.1, 0.15) is 109 Å². The number of amides is 3. The minimum Gasteiger partial charge on any atom is -0.444 e. The molecule has 0 bridgehead atoms. The lowest BCUT2D eigenvalue weighted by molar-refractivity contribution is -0.133. The number of piperidine rings is 1. The number of aromatic nitrogens is 1. The third-order valence-corrected chi connectivity index (χ3v) is 10.8. The number of rotatable bonds is 14. The lowest BCUT2D eigenvalue weighted by Gasteiger charge is -2.45. The number of hydrogen-bond acceptors (Lipinski definition) is 6. The summed E-state index contributed by atoms with van der Waals surface area (Å²) >= 11 is 6.96. The molecule has 1 unspecified atom stereocenters. The molecule has 1 saturated carbocycles. The quantitative estimate of drug-likeness (QED) is 0.185. The number of carbonyl (C=O) groups excluding carboxylic acids is 3. The van der Waals surface area contributed by atoms with Crippen molar-refractivity contribution in [3.8, 4) is 0 Å². The first-order valence-corrected chi connectivity index (χ1v) is 19.3. The molecule has 12 heteroatoms. The predicted octanol–water partition coefficient (Wildman–Crippen LogP) is 7.68. The van der Waals surface area contributed by atoms with E-state index in [0.29, 0.717) is 92.7 Å². The maximum absolute atomic E-state index is 14.7. The zero-order valence-electron chi connectivity index (χ0n) is 31.4. The standard InChI is InChI=1S/C39H58ClFN4O6/c1-26(2)45(37(47)36-35(40)32-14-9-28(41)24-33(32)43(36)18-7-8-20-49-6)31-13-12-30(44(25-31)38(48)51-39(3,4)5)15-19-42(29-10-11-29)34(46)23-27-16-21-50-22-17-27/h9,14,24,26-27,29-31H,7-8,10-13,15-23,25H2,1-6H3/t30-,31?/m1/s1. The smallest absolute Gasteiger partial charge is 0.410 e. The maximum atomic E-state index is 14.7. The molecule has 1 aliphatic carbocycles. The number of nitrogens with zero attached hydrogens (tertiary/aromatic N) is 4. The highest BCUT2D eigenvalue weighted by atomic mass is 35.5. The molecule has 1 aromatic carbocycles. The van der Waals surface area contributed by atoms with Gasteiger partial charge in [0.1, 0.15) is 17.1 Å². The van der Waals surface area contributed by atoms with Crippen LogP contribution in [0.4, 0.5) is 9.18 Å². The van der Waals surface area contributed by atoms with Crippen LogP contribution in [0, 0.1) is 11.7 Å². The molecule has 2 aliphatic heterocycles. The van der Waals surface area contributed by atoms with E-state index in [-0.39, 0.29) is 36.0 Å². The van der Waals surface area contributed by atoms with Crippen LogP contribution in [0.5, 0.6) is 0 Å². The maximum Gasteiger partial charge on any atom is 0.410 e. The molecule has 3 amide bonds. The number of ether oxygens (including phenoxy) is 3. The van der Waals surface area contributed by atoms with Crippen LogP contribution >= 0.6 is 11.6 Å². The molecule has 3 aliphatic rings. The summed E-state index contributed by atoms with van der Waals surface area (Å²) in [7, 11) is 1.65. The molecule has 2 aromatic rings. The van der Waals surface area contributed by atoms with Gasteiger partial charge in [0, 0.05) is 76.5 Å². The Bertz CT molecular complexity index is 1520. The van der Waals surface area contributed by atoms with Crippen molar-refractivity contribution in [3.63, 3.8) is 0 Å². The van der Waals surface area contributed by atoms with Crippen molar-refractivity contribution in [1.29, 1.82) is 0 Å². The monoisotopic (exact) mass is 732 g/mol. The van der Waals surface area contributed by atoms with Gasteiger partial charge in [0.25, 0.3) is 5.91 Å². The molecule has 0 spiro atoms. The molecule has 5 rings (SSSR count). The van der Waals surface area contributed by atoms with Gasteiger partial charge in [-0.1, -0.05) is 11.6 Å². The summed E-state index contributed by atoms with van der Waals surface area (Å²) in [5.74, 6) is -0.0823. The number of hydrogen-bond donors (Lipinski definition) is 0. The molecule has 51 heavy (non-hydrogen) atoms. The van der Waals surface area contributed by atoms with Gasteiger partial charge in [0.15, 0.2) is 0 Å². The molecular formula is C39H58ClFN4O6. The minimum absolute atomic E-state index is 0.142. The van der Waals surface area contributed by atoms with Crippen molar-refractivity contribution in [1.82, 2.24) is 19.3 Å². The van der Waals surface area contributed by atoms with Crippen molar-refractivity contribution in [3.05, 3.63) is 34.7 Å². The zero-order valence-corrected chi connectivity index (χ0v) is 32.2. The van der Waals surface area contributed by atoms with E-state index in [4.69, 9.17) is 25.8 Å². The molecular weight excluding hydrogens is 675 g/mol. The number of fused-ring (bicyclic) bond motifs is 1. The Morgan fingerprint density at radius 1 is 1.04 bits per heavy atom. The summed E-state index contributed by atoms with van der Waals surface area (Å²) in [5, 5.41) is 0.929. The van der Waals surface area contributed by atoms with E-state index in [0.717, 1.165) is 38.5 Å². The van der Waals surface area contributed by atoms with E-state index in [9.17, 15) is 18.8 Å². The topological polar surface area (TPSA) is 93.5 Å². The van der Waals surface area contributed by atoms with Gasteiger partial charge in [0.05, 0.1) is 16.6 Å². The molecule has 10 nitrogen and oxygen atoms in total. The molecule has 3 fully saturated rings. The first-order valence-electron chi connectivity index (χ1n) is 18.9. The van der Waals surface area contributed by atoms with Crippen molar-refractivity contribution in [2.75, 3.05) is 40.0 Å². The van der Waals surface area contributed by atoms with E-state index < -0.39 is 17.5 Å². The number of benzene rings is 1. The Balaban J connectivity index is 1.37. The van der Waals surface area contributed by atoms with Gasteiger partial charge in [0.2, 0.25) is 5.91 Å². The number of carbonyl (C=O) groups is 3. The van der Waals surface area contributed by atoms with Crippen LogP contribution in [0.25, 0.3) is 10.9 Å². The predicted molar refractivity (Wildman–Crippen MR) is 197 cm³/mol. The second-order valence-corrected chi connectivity index (χ2v) is 16.2. The summed E-state index contributed by atoms with van der Waals surface area (Å²) in [6, 6.07) is 4.05. The third-order valence-electron chi connectivity index (χ3n) is 10.5. The van der Waals surface area contributed by atoms with Crippen LogP contribution in [-0.4, -0.2) is 107 Å². The number of halogens is 2. The number of aryl methyl sites for hydroxylation is 1. The minimum atomic E-state index is -0.700. The number of unbranched alkanes of at least 4 members (excludes halogenated alkanes) is 1. The largest absolute Gasteiger partial charge is 0.444 e. The highest BCUT2D eigenvalue weighted by Gasteiger charge is 2.41. The normalized spacial score (nSPS) is 20.2. The van der Waals surface area contributed by atoms with Crippen molar-refractivity contribution < 1.29 is 33.0 Å². The van der Waals surface area contributed by atoms with Crippen molar-refractivity contribution >= 4 is 40.4 Å². The summed E-state index contributed by atoms with van der Waals surface area (Å²) in [5.41, 5.74) is 0.210. The fourth-order valence-electron chi connectivity index (χ4n) is 7.76. The van der Waals surface area contributed by atoms with Crippen LogP contribution < -0.4 is 0 Å². The van der Waals surface area contributed by atoms with Gasteiger partial charge in [-0.3, -0.25) is 9.59 Å². The first-order chi connectivity index (χ1) is 24.3. The SMILES string of the molecule is COCCCCn1c(C(=O)N(C(C)C)C2CC[C@H](CCN(C(=O)CC3CCOCC3)C3CC3)N(C(=O)OC(C)(C)C)C2)c(Cl)c2ccc(F)cc21. The van der Waals surface area contributed by atoms with Gasteiger partial charge in [-0.25, -0.2) is 9.18 Å². The van der Waals surface area contributed by atoms with Crippen LogP contribution in [0.15, 0.2) is 18.2 Å². The summed E-state index contributed by atoms with van der Waals surface area (Å²) in [4.78, 5) is 47.8. The second kappa shape index (κ2) is 17.3. The Morgan fingerprint density at radius 3 is 2.39 bits per heavy atom. The van der Waals surface area contributed by atoms with Gasteiger partial charge in [-0.15, -0.1) is 0 Å². The van der Waals surface area contributed by atoms with E-state index in [1.165, 1.54) is 12.1 Å². The average Bonchev–Trinajstić information content (AvgIpc) is 3.87. The lowest BCUT2D eigenvalue weighted by Crippen LogP contribution is -2.58. The van der Waals surface area contributed by atoms with Crippen LogP contribution in [0.2, 0.25) is 5.02 Å². The van der Waals surface area contributed by atoms with Gasteiger partial charge in [-0.05, 0) is 117 Å². The van der Waals surface area contributed by atoms with Crippen molar-refractivity contribution in [2.45, 2.75) is 135 Å². The lowest BCUT2D eigenvalue weighted by atomic mass is 9.93. The third kappa shape index (κ3) is 9.96. The first kappa shape index (κ1) is 39.3. The van der Waals surface area contributed by atoms with Gasteiger partial charge >= 0.3 is 6.09 Å². The summed E-state index contributed by atoms with van der Waals surface area (Å²) in [6.07, 6.45) is 7.48. The molecule has 0 radical (unpaired) electrons. The van der Waals surface area contributed by atoms with Gasteiger partial charge < -0.3 is 33.5 Å². The molecule has 3 heterocycles. The highest BCUT2D eigenvalue weighted by molar-refractivity contribution is 6.38. The van der Waals surface area contributed by atoms with E-state index >= 15 is 0 Å². The average molecular weight is 733 g/mol. The number of methoxy groups -OCH3 is 1. The van der Waals surface area contributed by atoms with E-state index in [1.54, 1.807) is 18.1 Å². The van der Waals surface area contributed by atoms with Crippen LogP contribution in [0.3, 0.4) is 0 Å². The Labute approximate surface area is 307 Å². The molecule has 0 N–H and O–H groups in total. The molecule has 1 aromatic heterocycles. The zero-order chi connectivity index (χ0) is 36.9. The van der Waals surface area contributed by atoms with Crippen LogP contribution in [-0.2, 0) is 25.5 Å². The molecule has 2 atom stereocenters. The van der Waals surface area contributed by atoms with Crippen molar-refractivity contribution in [2.24, 2.45) is 5.92 Å². The second-order valence-electron chi connectivity index (χ2n) is 15.9. The molecule has 2 saturated heterocycles. The molecule has 284 valence electrons. The van der Waals surface area contributed by atoms with E-state index in [2.05, 4.69) is 4.90 Å². The highest BCUT2D eigenvalue weighted by Crippen LogP contribution is 2.36.